The average molecular weight is 142 g/mol. The van der Waals surface area contributed by atoms with Crippen LogP contribution in [-0.4, -0.2) is 36.5 Å². The monoisotopic (exact) mass is 142 g/mol. The summed E-state index contributed by atoms with van der Waals surface area (Å²) in [6, 6.07) is 0.769. The molecule has 3 nitrogen and oxygen atoms in total. The van der Waals surface area contributed by atoms with Crippen molar-refractivity contribution in [2.24, 2.45) is 0 Å². The first-order valence-electron chi connectivity index (χ1n) is 3.70. The van der Waals surface area contributed by atoms with Gasteiger partial charge in [-0.1, -0.05) is 0 Å². The Morgan fingerprint density at radius 2 is 2.30 bits per heavy atom. The number of hydrogen-bond donors (Lipinski definition) is 1. The van der Waals surface area contributed by atoms with E-state index in [1.54, 1.807) is 0 Å². The van der Waals surface area contributed by atoms with Gasteiger partial charge in [0.05, 0.1) is 0 Å². The third-order valence-corrected chi connectivity index (χ3v) is 2.22. The van der Waals surface area contributed by atoms with Crippen molar-refractivity contribution in [1.29, 1.82) is 0 Å². The van der Waals surface area contributed by atoms with E-state index in [4.69, 9.17) is 0 Å². The average Bonchev–Trinajstić information content (AvgIpc) is 1.95. The quantitative estimate of drug-likeness (QED) is 0.515. The number of amides is 1. The fraction of sp³-hybridized carbons (Fsp3) is 0.857. The van der Waals surface area contributed by atoms with Crippen molar-refractivity contribution in [2.45, 2.75) is 25.9 Å². The lowest BCUT2D eigenvalue weighted by molar-refractivity contribution is -0.121. The van der Waals surface area contributed by atoms with E-state index < -0.39 is 0 Å². The Balaban J connectivity index is 2.50. The first kappa shape index (κ1) is 7.54. The highest BCUT2D eigenvalue weighted by atomic mass is 16.1. The van der Waals surface area contributed by atoms with Gasteiger partial charge in [-0.15, -0.1) is 0 Å². The highest BCUT2D eigenvalue weighted by molar-refractivity contribution is 5.48. The molecule has 0 aromatic heterocycles. The molecule has 0 unspecified atom stereocenters. The minimum atomic E-state index is 0.339. The Morgan fingerprint density at radius 3 is 2.80 bits per heavy atom. The summed E-state index contributed by atoms with van der Waals surface area (Å²) in [5.41, 5.74) is 0. The van der Waals surface area contributed by atoms with E-state index in [-0.39, 0.29) is 0 Å². The van der Waals surface area contributed by atoms with Crippen molar-refractivity contribution in [3.8, 4) is 0 Å². The Bertz CT molecular complexity index is 127. The van der Waals surface area contributed by atoms with Gasteiger partial charge in [-0.3, -0.25) is 4.79 Å². The molecule has 1 heterocycles. The van der Waals surface area contributed by atoms with Crippen LogP contribution < -0.4 is 5.32 Å². The van der Waals surface area contributed by atoms with Crippen molar-refractivity contribution >= 4 is 6.41 Å². The van der Waals surface area contributed by atoms with E-state index in [0.29, 0.717) is 12.1 Å². The molecule has 2 atom stereocenters. The van der Waals surface area contributed by atoms with Gasteiger partial charge in [0.2, 0.25) is 6.41 Å². The van der Waals surface area contributed by atoms with Gasteiger partial charge in [0, 0.05) is 25.2 Å². The van der Waals surface area contributed by atoms with E-state index in [1.807, 2.05) is 4.90 Å². The molecule has 0 aromatic carbocycles. The normalized spacial score (nSPS) is 34.0. The molecule has 0 aliphatic carbocycles. The van der Waals surface area contributed by atoms with Gasteiger partial charge in [-0.25, -0.2) is 0 Å². The smallest absolute Gasteiger partial charge is 0.210 e. The fourth-order valence-electron chi connectivity index (χ4n) is 1.23. The van der Waals surface area contributed by atoms with Crippen LogP contribution in [-0.2, 0) is 4.79 Å². The summed E-state index contributed by atoms with van der Waals surface area (Å²) in [5, 5.41) is 3.30. The predicted molar refractivity (Wildman–Crippen MR) is 39.7 cm³/mol. The van der Waals surface area contributed by atoms with E-state index >= 15 is 0 Å². The van der Waals surface area contributed by atoms with Crippen LogP contribution in [0.5, 0.6) is 0 Å². The van der Waals surface area contributed by atoms with Crippen LogP contribution in [0, 0.1) is 0 Å². The topological polar surface area (TPSA) is 32.3 Å². The van der Waals surface area contributed by atoms with Crippen molar-refractivity contribution in [1.82, 2.24) is 10.2 Å². The second-order valence-electron chi connectivity index (χ2n) is 2.83. The lowest BCUT2D eigenvalue weighted by Gasteiger charge is -2.35. The van der Waals surface area contributed by atoms with Crippen molar-refractivity contribution in [3.63, 3.8) is 0 Å². The molecular weight excluding hydrogens is 128 g/mol. The maximum absolute atomic E-state index is 10.4. The van der Waals surface area contributed by atoms with Crippen molar-refractivity contribution in [2.75, 3.05) is 13.1 Å². The lowest BCUT2D eigenvalue weighted by Crippen LogP contribution is -2.54. The Hall–Kier alpha value is -0.570. The highest BCUT2D eigenvalue weighted by Gasteiger charge is 2.21. The zero-order valence-electron chi connectivity index (χ0n) is 6.50. The predicted octanol–water partition coefficient (Wildman–Crippen LogP) is -0.175. The second-order valence-corrected chi connectivity index (χ2v) is 2.83. The Morgan fingerprint density at radius 1 is 1.60 bits per heavy atom. The van der Waals surface area contributed by atoms with E-state index in [9.17, 15) is 4.79 Å². The van der Waals surface area contributed by atoms with E-state index in [0.717, 1.165) is 19.5 Å². The minimum Gasteiger partial charge on any atom is -0.340 e. The molecule has 1 rings (SSSR count). The molecule has 0 aromatic rings. The van der Waals surface area contributed by atoms with Gasteiger partial charge in [0.15, 0.2) is 0 Å². The number of nitrogens with one attached hydrogen (secondary N) is 1. The molecule has 1 fully saturated rings. The number of hydrogen-bond acceptors (Lipinski definition) is 2. The molecule has 0 spiro atoms. The summed E-state index contributed by atoms with van der Waals surface area (Å²) in [6.07, 6.45) is 0.933. The van der Waals surface area contributed by atoms with E-state index in [1.165, 1.54) is 0 Å². The van der Waals surface area contributed by atoms with Crippen LogP contribution in [0.4, 0.5) is 0 Å². The van der Waals surface area contributed by atoms with Gasteiger partial charge >= 0.3 is 0 Å². The largest absolute Gasteiger partial charge is 0.340 e. The Labute approximate surface area is 61.4 Å². The molecule has 10 heavy (non-hydrogen) atoms. The van der Waals surface area contributed by atoms with Crippen molar-refractivity contribution < 1.29 is 4.79 Å². The number of nitrogens with zero attached hydrogens (tertiary/aromatic N) is 1. The highest BCUT2D eigenvalue weighted by Crippen LogP contribution is 2.04. The Kier molecular flexibility index (Phi) is 2.27. The van der Waals surface area contributed by atoms with Gasteiger partial charge in [-0.2, -0.15) is 0 Å². The molecule has 1 N–H and O–H groups in total. The molecule has 0 saturated carbocycles. The molecule has 1 amide bonds. The molecule has 58 valence electrons. The van der Waals surface area contributed by atoms with E-state index in [2.05, 4.69) is 19.2 Å². The molecule has 0 radical (unpaired) electrons. The summed E-state index contributed by atoms with van der Waals surface area (Å²) >= 11 is 0. The molecule has 3 heteroatoms. The van der Waals surface area contributed by atoms with Gasteiger partial charge in [0.25, 0.3) is 0 Å². The third-order valence-electron chi connectivity index (χ3n) is 2.22. The third kappa shape index (κ3) is 1.29. The summed E-state index contributed by atoms with van der Waals surface area (Å²) in [5.74, 6) is 0. The summed E-state index contributed by atoms with van der Waals surface area (Å²) in [7, 11) is 0. The number of rotatable bonds is 1. The zero-order chi connectivity index (χ0) is 7.56. The fourth-order valence-corrected chi connectivity index (χ4v) is 1.23. The maximum Gasteiger partial charge on any atom is 0.210 e. The summed E-state index contributed by atoms with van der Waals surface area (Å²) in [6.45, 7) is 5.92. The van der Waals surface area contributed by atoms with Gasteiger partial charge in [0.1, 0.15) is 0 Å². The van der Waals surface area contributed by atoms with Crippen LogP contribution in [0.1, 0.15) is 13.8 Å². The van der Waals surface area contributed by atoms with Crippen LogP contribution >= 0.6 is 0 Å². The standard InChI is InChI=1S/C7H14N2O/c1-6-7(2)9(5-10)4-3-8-6/h5-8H,3-4H2,1-2H3/t6-,7+/m1/s1. The first-order valence-corrected chi connectivity index (χ1v) is 3.70. The zero-order valence-corrected chi connectivity index (χ0v) is 6.50. The van der Waals surface area contributed by atoms with Crippen LogP contribution in [0.25, 0.3) is 0 Å². The molecule has 1 saturated heterocycles. The number of carbonyl (C=O) groups excluding carboxylic acids is 1. The lowest BCUT2D eigenvalue weighted by atomic mass is 10.1. The minimum absolute atomic E-state index is 0.339. The molecule has 1 aliphatic rings. The molecular formula is C7H14N2O. The van der Waals surface area contributed by atoms with Crippen molar-refractivity contribution in [3.05, 3.63) is 0 Å². The van der Waals surface area contributed by atoms with Gasteiger partial charge < -0.3 is 10.2 Å². The second kappa shape index (κ2) is 3.01. The SMILES string of the molecule is C[C@H]1NCCN(C=O)[C@H]1C. The van der Waals surface area contributed by atoms with Crippen LogP contribution in [0.2, 0.25) is 0 Å². The molecule has 0 bridgehead atoms. The number of carbonyl (C=O) groups is 1. The first-order chi connectivity index (χ1) is 4.75. The maximum atomic E-state index is 10.4. The van der Waals surface area contributed by atoms with Crippen LogP contribution in [0.15, 0.2) is 0 Å². The number of piperazine rings is 1. The van der Waals surface area contributed by atoms with Crippen LogP contribution in [0.3, 0.4) is 0 Å². The van der Waals surface area contributed by atoms with Gasteiger partial charge in [-0.05, 0) is 13.8 Å². The summed E-state index contributed by atoms with van der Waals surface area (Å²) < 4.78 is 0. The summed E-state index contributed by atoms with van der Waals surface area (Å²) in [4.78, 5) is 12.2. The molecule has 1 aliphatic heterocycles.